The molecule has 0 unspecified atom stereocenters. The van der Waals surface area contributed by atoms with Crippen molar-refractivity contribution < 1.29 is 17.9 Å². The Bertz CT molecular complexity index is 964. The summed E-state index contributed by atoms with van der Waals surface area (Å²) < 4.78 is 31.9. The van der Waals surface area contributed by atoms with Gasteiger partial charge in [0, 0.05) is 37.7 Å². The van der Waals surface area contributed by atoms with Gasteiger partial charge in [-0.3, -0.25) is 4.79 Å². The van der Waals surface area contributed by atoms with Crippen LogP contribution in [-0.4, -0.2) is 51.8 Å². The molecule has 0 aliphatic heterocycles. The van der Waals surface area contributed by atoms with E-state index in [0.717, 1.165) is 14.3 Å². The molecule has 9 heteroatoms. The Morgan fingerprint density at radius 2 is 1.81 bits per heavy atom. The van der Waals surface area contributed by atoms with Crippen molar-refractivity contribution in [2.75, 3.05) is 28.3 Å². The quantitative estimate of drug-likeness (QED) is 0.640. The molecule has 2 aromatic rings. The monoisotopic (exact) mass is 474 g/mol. The molecule has 146 valence electrons. The van der Waals surface area contributed by atoms with Crippen molar-refractivity contribution in [3.8, 4) is 5.75 Å². The molecule has 0 spiro atoms. The molecule has 0 aromatic heterocycles. The lowest BCUT2D eigenvalue weighted by Gasteiger charge is -2.20. The van der Waals surface area contributed by atoms with E-state index in [1.807, 2.05) is 12.1 Å². The van der Waals surface area contributed by atoms with Gasteiger partial charge < -0.3 is 9.64 Å². The maximum Gasteiger partial charge on any atom is 0.255 e. The summed E-state index contributed by atoms with van der Waals surface area (Å²) in [4.78, 5) is 14.3. The summed E-state index contributed by atoms with van der Waals surface area (Å²) in [5.74, 6) is 0.255. The van der Waals surface area contributed by atoms with Crippen LogP contribution in [0.3, 0.4) is 0 Å². The van der Waals surface area contributed by atoms with Crippen LogP contribution in [0.5, 0.6) is 5.75 Å². The van der Waals surface area contributed by atoms with Crippen molar-refractivity contribution in [1.29, 1.82) is 0 Å². The fourth-order valence-corrected chi connectivity index (χ4v) is 3.98. The Morgan fingerprint density at radius 3 is 2.41 bits per heavy atom. The highest BCUT2D eigenvalue weighted by Crippen LogP contribution is 2.27. The highest BCUT2D eigenvalue weighted by atomic mass is 79.9. The van der Waals surface area contributed by atoms with Crippen LogP contribution < -0.4 is 4.74 Å². The van der Waals surface area contributed by atoms with E-state index in [-0.39, 0.29) is 22.0 Å². The fraction of sp³-hybridized carbons (Fsp3) is 0.278. The number of benzene rings is 2. The van der Waals surface area contributed by atoms with Crippen molar-refractivity contribution in [3.05, 3.63) is 57.0 Å². The molecular formula is C18H20BrClN2O4S. The fourth-order valence-electron chi connectivity index (χ4n) is 2.44. The Kier molecular flexibility index (Phi) is 6.91. The molecule has 0 radical (unpaired) electrons. The topological polar surface area (TPSA) is 66.9 Å². The average Bonchev–Trinajstić information content (AvgIpc) is 2.61. The number of amides is 1. The molecular weight excluding hydrogens is 456 g/mol. The number of hydrogen-bond acceptors (Lipinski definition) is 4. The third-order valence-corrected chi connectivity index (χ3v) is 6.58. The molecule has 2 rings (SSSR count). The van der Waals surface area contributed by atoms with E-state index >= 15 is 0 Å². The van der Waals surface area contributed by atoms with E-state index in [9.17, 15) is 13.2 Å². The number of hydrogen-bond donors (Lipinski definition) is 0. The van der Waals surface area contributed by atoms with Crippen molar-refractivity contribution in [1.82, 2.24) is 9.21 Å². The first kappa shape index (κ1) is 21.7. The first-order valence-corrected chi connectivity index (χ1v) is 10.5. The summed E-state index contributed by atoms with van der Waals surface area (Å²) in [7, 11) is 2.36. The third kappa shape index (κ3) is 4.82. The number of carbonyl (C=O) groups excluding carboxylic acids is 1. The highest BCUT2D eigenvalue weighted by Gasteiger charge is 2.23. The molecule has 0 heterocycles. The standard InChI is InChI=1S/C18H20BrClN2O4S/c1-21(2)27(24,25)14-6-7-16(20)15(10-14)18(23)22(3)11-12-9-13(19)5-8-17(12)26-4/h5-10H,11H2,1-4H3. The molecule has 6 nitrogen and oxygen atoms in total. The molecule has 0 N–H and O–H groups in total. The zero-order chi connectivity index (χ0) is 20.4. The summed E-state index contributed by atoms with van der Waals surface area (Å²) in [5.41, 5.74) is 0.923. The summed E-state index contributed by atoms with van der Waals surface area (Å²) in [5, 5.41) is 0.186. The normalized spacial score (nSPS) is 11.5. The molecule has 0 aliphatic carbocycles. The van der Waals surface area contributed by atoms with E-state index in [1.165, 1.54) is 37.2 Å². The van der Waals surface area contributed by atoms with Crippen LogP contribution in [0.1, 0.15) is 15.9 Å². The summed E-state index contributed by atoms with van der Waals surface area (Å²) in [6.07, 6.45) is 0. The number of carbonyl (C=O) groups is 1. The molecule has 27 heavy (non-hydrogen) atoms. The first-order chi connectivity index (χ1) is 12.6. The van der Waals surface area contributed by atoms with Gasteiger partial charge in [-0.25, -0.2) is 12.7 Å². The van der Waals surface area contributed by atoms with Crippen molar-refractivity contribution in [3.63, 3.8) is 0 Å². The second-order valence-electron chi connectivity index (χ2n) is 6.05. The van der Waals surface area contributed by atoms with Gasteiger partial charge in [0.15, 0.2) is 0 Å². The van der Waals surface area contributed by atoms with Crippen molar-refractivity contribution in [2.24, 2.45) is 0 Å². The van der Waals surface area contributed by atoms with Gasteiger partial charge in [0.2, 0.25) is 10.0 Å². The van der Waals surface area contributed by atoms with Crippen LogP contribution in [0, 0.1) is 0 Å². The van der Waals surface area contributed by atoms with Gasteiger partial charge in [0.1, 0.15) is 5.75 Å². The van der Waals surface area contributed by atoms with Crippen LogP contribution in [-0.2, 0) is 16.6 Å². The first-order valence-electron chi connectivity index (χ1n) is 7.88. The Balaban J connectivity index is 2.36. The van der Waals surface area contributed by atoms with Gasteiger partial charge in [0.05, 0.1) is 22.6 Å². The van der Waals surface area contributed by atoms with Crippen molar-refractivity contribution in [2.45, 2.75) is 11.4 Å². The molecule has 0 aliphatic rings. The lowest BCUT2D eigenvalue weighted by Crippen LogP contribution is -2.27. The molecule has 2 aromatic carbocycles. The molecule has 0 atom stereocenters. The predicted molar refractivity (Wildman–Crippen MR) is 109 cm³/mol. The number of methoxy groups -OCH3 is 1. The van der Waals surface area contributed by atoms with Gasteiger partial charge in [-0.2, -0.15) is 0 Å². The van der Waals surface area contributed by atoms with Crippen LogP contribution in [0.15, 0.2) is 45.8 Å². The van der Waals surface area contributed by atoms with E-state index in [0.29, 0.717) is 5.75 Å². The Morgan fingerprint density at radius 1 is 1.15 bits per heavy atom. The van der Waals surface area contributed by atoms with Crippen molar-refractivity contribution >= 4 is 43.5 Å². The minimum absolute atomic E-state index is 0.00804. The van der Waals surface area contributed by atoms with E-state index < -0.39 is 15.9 Å². The summed E-state index contributed by atoms with van der Waals surface area (Å²) in [6.45, 7) is 0.266. The van der Waals surface area contributed by atoms with Gasteiger partial charge in [0.25, 0.3) is 5.91 Å². The second-order valence-corrected chi connectivity index (χ2v) is 9.52. The zero-order valence-corrected chi connectivity index (χ0v) is 18.5. The SMILES string of the molecule is COc1ccc(Br)cc1CN(C)C(=O)c1cc(S(=O)(=O)N(C)C)ccc1Cl. The number of nitrogens with zero attached hydrogens (tertiary/aromatic N) is 2. The Labute approximate surface area is 172 Å². The smallest absolute Gasteiger partial charge is 0.255 e. The van der Waals surface area contributed by atoms with Gasteiger partial charge in [-0.1, -0.05) is 27.5 Å². The molecule has 0 saturated heterocycles. The minimum atomic E-state index is -3.67. The lowest BCUT2D eigenvalue weighted by molar-refractivity contribution is 0.0784. The third-order valence-electron chi connectivity index (χ3n) is 3.94. The molecule has 0 saturated carbocycles. The number of rotatable bonds is 6. The van der Waals surface area contributed by atoms with Crippen LogP contribution in [0.2, 0.25) is 5.02 Å². The maximum atomic E-state index is 12.9. The van der Waals surface area contributed by atoms with Crippen LogP contribution in [0.4, 0.5) is 0 Å². The molecule has 1 amide bonds. The van der Waals surface area contributed by atoms with Crippen LogP contribution in [0.25, 0.3) is 0 Å². The van der Waals surface area contributed by atoms with Crippen LogP contribution >= 0.6 is 27.5 Å². The largest absolute Gasteiger partial charge is 0.496 e. The second kappa shape index (κ2) is 8.60. The van der Waals surface area contributed by atoms with E-state index in [4.69, 9.17) is 16.3 Å². The lowest BCUT2D eigenvalue weighted by atomic mass is 10.1. The van der Waals surface area contributed by atoms with Gasteiger partial charge in [-0.15, -0.1) is 0 Å². The number of ether oxygens (including phenoxy) is 1. The van der Waals surface area contributed by atoms with Gasteiger partial charge in [-0.05, 0) is 36.4 Å². The van der Waals surface area contributed by atoms with E-state index in [1.54, 1.807) is 20.2 Å². The molecule has 0 fully saturated rings. The predicted octanol–water partition coefficient (Wildman–Crippen LogP) is 3.63. The maximum absolute atomic E-state index is 12.9. The number of sulfonamides is 1. The minimum Gasteiger partial charge on any atom is -0.496 e. The molecule has 0 bridgehead atoms. The summed E-state index contributed by atoms with van der Waals surface area (Å²) >= 11 is 9.57. The van der Waals surface area contributed by atoms with E-state index in [2.05, 4.69) is 15.9 Å². The number of halogens is 2. The Hall–Kier alpha value is -1.61. The average molecular weight is 476 g/mol. The highest BCUT2D eigenvalue weighted by molar-refractivity contribution is 9.10. The summed E-state index contributed by atoms with van der Waals surface area (Å²) in [6, 6.07) is 9.60. The zero-order valence-electron chi connectivity index (χ0n) is 15.4. The van der Waals surface area contributed by atoms with Gasteiger partial charge >= 0.3 is 0 Å².